The average molecular weight is 394 g/mol. The summed E-state index contributed by atoms with van der Waals surface area (Å²) >= 11 is 3.44. The quantitative estimate of drug-likeness (QED) is 0.387. The lowest BCUT2D eigenvalue weighted by molar-refractivity contribution is 0.105. The number of halogens is 1. The number of nitrogens with one attached hydrogen (secondary N) is 2. The van der Waals surface area contributed by atoms with E-state index >= 15 is 0 Å². The fourth-order valence-corrected chi connectivity index (χ4v) is 2.31. The van der Waals surface area contributed by atoms with Gasteiger partial charge in [0.2, 0.25) is 0 Å². The average Bonchev–Trinajstić information content (AvgIpc) is 3.10. The van der Waals surface area contributed by atoms with Gasteiger partial charge >= 0.3 is 0 Å². The molecule has 2 aromatic rings. The van der Waals surface area contributed by atoms with Gasteiger partial charge in [-0.2, -0.15) is 0 Å². The van der Waals surface area contributed by atoms with Gasteiger partial charge in [0.15, 0.2) is 5.96 Å². The molecule has 0 aliphatic carbocycles. The van der Waals surface area contributed by atoms with Gasteiger partial charge in [0.25, 0.3) is 0 Å². The van der Waals surface area contributed by atoms with E-state index < -0.39 is 0 Å². The van der Waals surface area contributed by atoms with Crippen molar-refractivity contribution < 1.29 is 9.15 Å². The summed E-state index contributed by atoms with van der Waals surface area (Å²) in [4.78, 5) is 4.60. The van der Waals surface area contributed by atoms with Crippen LogP contribution in [0.5, 0.6) is 0 Å². The summed E-state index contributed by atoms with van der Waals surface area (Å²) in [7, 11) is 0. The van der Waals surface area contributed by atoms with E-state index in [1.165, 1.54) is 5.56 Å². The molecule has 5 nitrogen and oxygen atoms in total. The van der Waals surface area contributed by atoms with E-state index in [4.69, 9.17) is 9.15 Å². The largest absolute Gasteiger partial charge is 0.467 e. The highest BCUT2D eigenvalue weighted by molar-refractivity contribution is 9.10. The van der Waals surface area contributed by atoms with Crippen molar-refractivity contribution in [3.05, 3.63) is 58.5 Å². The minimum Gasteiger partial charge on any atom is -0.467 e. The number of nitrogens with zero attached hydrogens (tertiary/aromatic N) is 1. The molecule has 0 aliphatic heterocycles. The highest BCUT2D eigenvalue weighted by Gasteiger charge is 1.99. The number of rotatable bonds is 9. The lowest BCUT2D eigenvalue weighted by Crippen LogP contribution is -2.38. The first-order valence-corrected chi connectivity index (χ1v) is 8.94. The standard InChI is InChI=1S/C18H24BrN3O2/c1-2-20-18(22-13-15-6-8-16(19)9-7-15)21-10-4-11-23-14-17-5-3-12-24-17/h3,5-9,12H,2,4,10-11,13-14H2,1H3,(H2,20,21,22). The molecular weight excluding hydrogens is 370 g/mol. The molecule has 0 saturated heterocycles. The maximum atomic E-state index is 5.56. The second kappa shape index (κ2) is 10.9. The molecule has 0 unspecified atom stereocenters. The van der Waals surface area contributed by atoms with E-state index in [9.17, 15) is 0 Å². The lowest BCUT2D eigenvalue weighted by atomic mass is 10.2. The monoisotopic (exact) mass is 393 g/mol. The Balaban J connectivity index is 1.66. The summed E-state index contributed by atoms with van der Waals surface area (Å²) in [5.74, 6) is 1.68. The third-order valence-electron chi connectivity index (χ3n) is 3.26. The van der Waals surface area contributed by atoms with Crippen LogP contribution in [0.25, 0.3) is 0 Å². The van der Waals surface area contributed by atoms with Gasteiger partial charge < -0.3 is 19.8 Å². The van der Waals surface area contributed by atoms with Crippen LogP contribution in [-0.2, 0) is 17.9 Å². The molecule has 6 heteroatoms. The first kappa shape index (κ1) is 18.5. The predicted molar refractivity (Wildman–Crippen MR) is 99.9 cm³/mol. The third kappa shape index (κ3) is 7.19. The maximum Gasteiger partial charge on any atom is 0.191 e. The molecule has 1 aromatic heterocycles. The van der Waals surface area contributed by atoms with Crippen LogP contribution < -0.4 is 10.6 Å². The summed E-state index contributed by atoms with van der Waals surface area (Å²) in [5, 5.41) is 6.57. The van der Waals surface area contributed by atoms with Crippen LogP contribution in [-0.4, -0.2) is 25.7 Å². The summed E-state index contributed by atoms with van der Waals surface area (Å²) in [6.07, 6.45) is 2.56. The summed E-state index contributed by atoms with van der Waals surface area (Å²) in [6.45, 7) is 5.55. The van der Waals surface area contributed by atoms with Crippen molar-refractivity contribution in [2.75, 3.05) is 19.7 Å². The molecule has 2 rings (SSSR count). The minimum atomic E-state index is 0.519. The first-order valence-electron chi connectivity index (χ1n) is 8.14. The van der Waals surface area contributed by atoms with Crippen molar-refractivity contribution in [2.45, 2.75) is 26.5 Å². The molecule has 0 aliphatic rings. The molecule has 2 N–H and O–H groups in total. The van der Waals surface area contributed by atoms with Crippen molar-refractivity contribution in [3.8, 4) is 0 Å². The van der Waals surface area contributed by atoms with E-state index in [2.05, 4.69) is 50.6 Å². The Kier molecular flexibility index (Phi) is 8.41. The third-order valence-corrected chi connectivity index (χ3v) is 3.79. The van der Waals surface area contributed by atoms with Gasteiger partial charge in [-0.25, -0.2) is 4.99 Å². The molecule has 0 fully saturated rings. The van der Waals surface area contributed by atoms with Crippen molar-refractivity contribution in [2.24, 2.45) is 4.99 Å². The fourth-order valence-electron chi connectivity index (χ4n) is 2.05. The minimum absolute atomic E-state index is 0.519. The molecule has 0 saturated carbocycles. The van der Waals surface area contributed by atoms with Gasteiger partial charge in [0.1, 0.15) is 12.4 Å². The molecule has 24 heavy (non-hydrogen) atoms. The Morgan fingerprint density at radius 1 is 1.21 bits per heavy atom. The second-order valence-corrected chi connectivity index (χ2v) is 6.15. The SMILES string of the molecule is CCNC(=NCc1ccc(Br)cc1)NCCCOCc1ccco1. The zero-order valence-electron chi connectivity index (χ0n) is 13.9. The van der Waals surface area contributed by atoms with Crippen LogP contribution in [0.3, 0.4) is 0 Å². The summed E-state index contributed by atoms with van der Waals surface area (Å²) in [5.41, 5.74) is 1.18. The number of benzene rings is 1. The fraction of sp³-hybridized carbons (Fsp3) is 0.389. The van der Waals surface area contributed by atoms with Crippen molar-refractivity contribution in [3.63, 3.8) is 0 Å². The smallest absolute Gasteiger partial charge is 0.191 e. The van der Waals surface area contributed by atoms with E-state index in [1.54, 1.807) is 6.26 Å². The van der Waals surface area contributed by atoms with Gasteiger partial charge in [-0.1, -0.05) is 28.1 Å². The zero-order chi connectivity index (χ0) is 17.0. The Hall–Kier alpha value is -1.79. The van der Waals surface area contributed by atoms with Crippen LogP contribution >= 0.6 is 15.9 Å². The van der Waals surface area contributed by atoms with Crippen LogP contribution in [0.15, 0.2) is 56.5 Å². The number of aliphatic imine (C=N–C) groups is 1. The number of hydrogen-bond acceptors (Lipinski definition) is 3. The molecule has 0 spiro atoms. The molecule has 1 aromatic carbocycles. The van der Waals surface area contributed by atoms with Crippen molar-refractivity contribution in [1.29, 1.82) is 0 Å². The highest BCUT2D eigenvalue weighted by Crippen LogP contribution is 2.11. The molecule has 0 radical (unpaired) electrons. The lowest BCUT2D eigenvalue weighted by Gasteiger charge is -2.11. The first-order chi connectivity index (χ1) is 11.8. The van der Waals surface area contributed by atoms with Gasteiger partial charge in [-0.05, 0) is 43.2 Å². The van der Waals surface area contributed by atoms with Gasteiger partial charge in [-0.15, -0.1) is 0 Å². The Labute approximate surface area is 151 Å². The van der Waals surface area contributed by atoms with Crippen molar-refractivity contribution >= 4 is 21.9 Å². The highest BCUT2D eigenvalue weighted by atomic mass is 79.9. The normalized spacial score (nSPS) is 11.5. The van der Waals surface area contributed by atoms with Crippen LogP contribution in [0.2, 0.25) is 0 Å². The molecule has 1 heterocycles. The Bertz CT molecular complexity index is 597. The number of ether oxygens (including phenoxy) is 1. The topological polar surface area (TPSA) is 58.8 Å². The van der Waals surface area contributed by atoms with Gasteiger partial charge in [-0.3, -0.25) is 0 Å². The zero-order valence-corrected chi connectivity index (χ0v) is 15.5. The molecule has 130 valence electrons. The molecular formula is C18H24BrN3O2. The second-order valence-electron chi connectivity index (χ2n) is 5.23. The van der Waals surface area contributed by atoms with Gasteiger partial charge in [0.05, 0.1) is 12.8 Å². The predicted octanol–water partition coefficient (Wildman–Crippen LogP) is 3.70. The van der Waals surface area contributed by atoms with Crippen LogP contribution in [0.4, 0.5) is 0 Å². The number of hydrogen-bond donors (Lipinski definition) is 2. The van der Waals surface area contributed by atoms with E-state index in [1.807, 2.05) is 24.3 Å². The number of guanidine groups is 1. The Morgan fingerprint density at radius 3 is 2.75 bits per heavy atom. The van der Waals surface area contributed by atoms with Crippen LogP contribution in [0, 0.1) is 0 Å². The maximum absolute atomic E-state index is 5.56. The Morgan fingerprint density at radius 2 is 2.04 bits per heavy atom. The van der Waals surface area contributed by atoms with Crippen molar-refractivity contribution in [1.82, 2.24) is 10.6 Å². The number of furan rings is 1. The van der Waals surface area contributed by atoms with E-state index in [0.717, 1.165) is 35.7 Å². The summed E-state index contributed by atoms with van der Waals surface area (Å²) < 4.78 is 11.9. The van der Waals surface area contributed by atoms with E-state index in [-0.39, 0.29) is 0 Å². The summed E-state index contributed by atoms with van der Waals surface area (Å²) in [6, 6.07) is 12.0. The molecule has 0 amide bonds. The molecule has 0 bridgehead atoms. The van der Waals surface area contributed by atoms with E-state index in [0.29, 0.717) is 19.8 Å². The van der Waals surface area contributed by atoms with Gasteiger partial charge in [0, 0.05) is 24.2 Å². The van der Waals surface area contributed by atoms with Crippen LogP contribution in [0.1, 0.15) is 24.7 Å². The molecule has 0 atom stereocenters.